The molecule has 0 aromatic heterocycles. The number of nitrogens with one attached hydrogen (secondary N) is 1. The summed E-state index contributed by atoms with van der Waals surface area (Å²) in [6.45, 7) is 3.10. The number of hydrogen-bond donors (Lipinski definition) is 1. The lowest BCUT2D eigenvalue weighted by molar-refractivity contribution is -0.385. The van der Waals surface area contributed by atoms with E-state index in [1.54, 1.807) is 12.1 Å². The second-order valence-electron chi connectivity index (χ2n) is 4.73. The van der Waals surface area contributed by atoms with Gasteiger partial charge in [-0.25, -0.2) is 0 Å². The van der Waals surface area contributed by atoms with Gasteiger partial charge in [-0.1, -0.05) is 15.9 Å². The number of nitro benzene ring substituents is 1. The van der Waals surface area contributed by atoms with Crippen LogP contribution in [0.1, 0.15) is 18.4 Å². The lowest BCUT2D eigenvalue weighted by Crippen LogP contribution is -2.18. The summed E-state index contributed by atoms with van der Waals surface area (Å²) in [4.78, 5) is 10.6. The molecule has 2 rings (SSSR count). The summed E-state index contributed by atoms with van der Waals surface area (Å²) >= 11 is 3.25. The molecule has 0 amide bonds. The Kier molecular flexibility index (Phi) is 5.30. The van der Waals surface area contributed by atoms with Gasteiger partial charge in [0.1, 0.15) is 0 Å². The van der Waals surface area contributed by atoms with E-state index >= 15 is 0 Å². The van der Waals surface area contributed by atoms with Gasteiger partial charge in [-0.2, -0.15) is 0 Å². The minimum atomic E-state index is -0.341. The highest BCUT2D eigenvalue weighted by molar-refractivity contribution is 9.10. The second-order valence-corrected chi connectivity index (χ2v) is 5.64. The fourth-order valence-electron chi connectivity index (χ4n) is 2.20. The van der Waals surface area contributed by atoms with Crippen molar-refractivity contribution in [2.24, 2.45) is 5.92 Å². The van der Waals surface area contributed by atoms with Crippen LogP contribution in [0.5, 0.6) is 0 Å². The third-order valence-corrected chi connectivity index (χ3v) is 3.81. The second kappa shape index (κ2) is 6.98. The van der Waals surface area contributed by atoms with Gasteiger partial charge in [0, 0.05) is 35.9 Å². The number of benzene rings is 1. The van der Waals surface area contributed by atoms with Crippen molar-refractivity contribution < 1.29 is 9.66 Å². The van der Waals surface area contributed by atoms with Gasteiger partial charge in [0.15, 0.2) is 0 Å². The average molecular weight is 329 g/mol. The summed E-state index contributed by atoms with van der Waals surface area (Å²) in [6.07, 6.45) is 2.18. The fraction of sp³-hybridized carbons (Fsp3) is 0.538. The van der Waals surface area contributed by atoms with E-state index in [-0.39, 0.29) is 10.6 Å². The van der Waals surface area contributed by atoms with E-state index in [0.717, 1.165) is 42.6 Å². The summed E-state index contributed by atoms with van der Waals surface area (Å²) in [6, 6.07) is 5.16. The van der Waals surface area contributed by atoms with E-state index in [1.165, 1.54) is 0 Å². The lowest BCUT2D eigenvalue weighted by Gasteiger charge is -2.09. The Labute approximate surface area is 120 Å². The SMILES string of the molecule is O=[N+]([O-])c1cc(Br)ccc1CNCCC1CCOC1. The Morgan fingerprint density at radius 1 is 1.53 bits per heavy atom. The third kappa shape index (κ3) is 4.26. The van der Waals surface area contributed by atoms with Gasteiger partial charge in [0.25, 0.3) is 5.69 Å². The van der Waals surface area contributed by atoms with Crippen molar-refractivity contribution in [1.29, 1.82) is 0 Å². The van der Waals surface area contributed by atoms with E-state index < -0.39 is 0 Å². The fourth-order valence-corrected chi connectivity index (χ4v) is 2.55. The Bertz CT molecular complexity index is 448. The topological polar surface area (TPSA) is 64.4 Å². The van der Waals surface area contributed by atoms with Gasteiger partial charge in [-0.15, -0.1) is 0 Å². The van der Waals surface area contributed by atoms with Gasteiger partial charge in [-0.3, -0.25) is 10.1 Å². The maximum absolute atomic E-state index is 11.0. The largest absolute Gasteiger partial charge is 0.381 e. The molecule has 0 saturated carbocycles. The Balaban J connectivity index is 1.83. The molecule has 1 aliphatic heterocycles. The van der Waals surface area contributed by atoms with Crippen molar-refractivity contribution in [3.8, 4) is 0 Å². The van der Waals surface area contributed by atoms with Crippen LogP contribution in [0.3, 0.4) is 0 Å². The zero-order chi connectivity index (χ0) is 13.7. The van der Waals surface area contributed by atoms with Crippen LogP contribution >= 0.6 is 15.9 Å². The normalized spacial score (nSPS) is 18.7. The molecule has 104 valence electrons. The molecule has 1 heterocycles. The predicted octanol–water partition coefficient (Wildman–Crippen LogP) is 2.87. The highest BCUT2D eigenvalue weighted by Crippen LogP contribution is 2.23. The van der Waals surface area contributed by atoms with E-state index in [1.807, 2.05) is 6.07 Å². The van der Waals surface area contributed by atoms with Gasteiger partial charge in [-0.05, 0) is 37.4 Å². The van der Waals surface area contributed by atoms with Crippen LogP contribution in [0.2, 0.25) is 0 Å². The molecule has 1 aliphatic rings. The van der Waals surface area contributed by atoms with Crippen LogP contribution in [0.15, 0.2) is 22.7 Å². The molecule has 0 spiro atoms. The first kappa shape index (κ1) is 14.4. The molecule has 0 aliphatic carbocycles. The first-order valence-electron chi connectivity index (χ1n) is 6.38. The Morgan fingerprint density at radius 3 is 3.05 bits per heavy atom. The summed E-state index contributed by atoms with van der Waals surface area (Å²) in [5, 5.41) is 14.2. The molecule has 0 radical (unpaired) electrons. The summed E-state index contributed by atoms with van der Waals surface area (Å²) < 4.78 is 6.04. The van der Waals surface area contributed by atoms with Crippen molar-refractivity contribution in [1.82, 2.24) is 5.32 Å². The standard InChI is InChI=1S/C13H17BrN2O3/c14-12-2-1-11(13(7-12)16(17)18)8-15-5-3-10-4-6-19-9-10/h1-2,7,10,15H,3-6,8-9H2. The van der Waals surface area contributed by atoms with Gasteiger partial charge in [0.05, 0.1) is 4.92 Å². The van der Waals surface area contributed by atoms with Gasteiger partial charge >= 0.3 is 0 Å². The van der Waals surface area contributed by atoms with Crippen molar-refractivity contribution in [2.45, 2.75) is 19.4 Å². The Hall–Kier alpha value is -0.980. The number of halogens is 1. The van der Waals surface area contributed by atoms with Crippen LogP contribution in [0.25, 0.3) is 0 Å². The molecule has 0 bridgehead atoms. The van der Waals surface area contributed by atoms with Crippen molar-refractivity contribution in [3.63, 3.8) is 0 Å². The monoisotopic (exact) mass is 328 g/mol. The maximum atomic E-state index is 11.0. The number of rotatable bonds is 6. The van der Waals surface area contributed by atoms with Crippen LogP contribution < -0.4 is 5.32 Å². The molecular formula is C13H17BrN2O3. The van der Waals surface area contributed by atoms with Crippen LogP contribution in [0.4, 0.5) is 5.69 Å². The highest BCUT2D eigenvalue weighted by atomic mass is 79.9. The van der Waals surface area contributed by atoms with Gasteiger partial charge < -0.3 is 10.1 Å². The molecule has 6 heteroatoms. The molecular weight excluding hydrogens is 312 g/mol. The van der Waals surface area contributed by atoms with Crippen molar-refractivity contribution >= 4 is 21.6 Å². The summed E-state index contributed by atoms with van der Waals surface area (Å²) in [5.74, 6) is 0.632. The van der Waals surface area contributed by atoms with Gasteiger partial charge in [0.2, 0.25) is 0 Å². The van der Waals surface area contributed by atoms with E-state index in [0.29, 0.717) is 12.5 Å². The van der Waals surface area contributed by atoms with Crippen molar-refractivity contribution in [3.05, 3.63) is 38.3 Å². The smallest absolute Gasteiger partial charge is 0.275 e. The third-order valence-electron chi connectivity index (χ3n) is 3.31. The molecule has 1 aromatic rings. The maximum Gasteiger partial charge on any atom is 0.275 e. The predicted molar refractivity (Wildman–Crippen MR) is 76.0 cm³/mol. The van der Waals surface area contributed by atoms with Crippen LogP contribution in [-0.4, -0.2) is 24.7 Å². The van der Waals surface area contributed by atoms with Crippen LogP contribution in [-0.2, 0) is 11.3 Å². The van der Waals surface area contributed by atoms with E-state index in [2.05, 4.69) is 21.2 Å². The first-order valence-corrected chi connectivity index (χ1v) is 7.17. The molecule has 5 nitrogen and oxygen atoms in total. The molecule has 1 aromatic carbocycles. The van der Waals surface area contributed by atoms with E-state index in [9.17, 15) is 10.1 Å². The number of nitrogens with zero attached hydrogens (tertiary/aromatic N) is 1. The average Bonchev–Trinajstić information content (AvgIpc) is 2.89. The molecule has 1 N–H and O–H groups in total. The molecule has 1 saturated heterocycles. The minimum Gasteiger partial charge on any atom is -0.381 e. The highest BCUT2D eigenvalue weighted by Gasteiger charge is 2.16. The van der Waals surface area contributed by atoms with Crippen molar-refractivity contribution in [2.75, 3.05) is 19.8 Å². The number of ether oxygens (including phenoxy) is 1. The molecule has 1 atom stereocenters. The Morgan fingerprint density at radius 2 is 2.37 bits per heavy atom. The van der Waals surface area contributed by atoms with Crippen LogP contribution in [0, 0.1) is 16.0 Å². The molecule has 1 unspecified atom stereocenters. The zero-order valence-electron chi connectivity index (χ0n) is 10.6. The molecule has 1 fully saturated rings. The first-order chi connectivity index (χ1) is 9.16. The quantitative estimate of drug-likeness (QED) is 0.495. The summed E-state index contributed by atoms with van der Waals surface area (Å²) in [7, 11) is 0. The minimum absolute atomic E-state index is 0.158. The number of nitro groups is 1. The van der Waals surface area contributed by atoms with E-state index in [4.69, 9.17) is 4.74 Å². The number of hydrogen-bond acceptors (Lipinski definition) is 4. The lowest BCUT2D eigenvalue weighted by atomic mass is 10.1. The summed E-state index contributed by atoms with van der Waals surface area (Å²) in [5.41, 5.74) is 0.877. The molecule has 19 heavy (non-hydrogen) atoms. The zero-order valence-corrected chi connectivity index (χ0v) is 12.2.